The molecule has 0 aromatic carbocycles. The molecule has 1 atom stereocenters. The highest BCUT2D eigenvalue weighted by Crippen LogP contribution is 2.57. The molecular formula is C5H12O7P2. The fraction of sp³-hybridized carbons (Fsp3) is 0.600. The van der Waals surface area contributed by atoms with Crippen molar-refractivity contribution < 1.29 is 32.6 Å². The number of allylic oxidation sites excluding steroid dienone is 1. The summed E-state index contributed by atoms with van der Waals surface area (Å²) in [6.45, 7) is 3.21. The Morgan fingerprint density at radius 1 is 1.29 bits per heavy atom. The molecule has 0 aliphatic rings. The minimum Gasteiger partial charge on any atom is -0.302 e. The second kappa shape index (κ2) is 5.19. The predicted octanol–water partition coefficient (Wildman–Crippen LogP) is 1.18. The van der Waals surface area contributed by atoms with Crippen LogP contribution in [-0.4, -0.2) is 21.3 Å². The molecule has 0 rings (SSSR count). The van der Waals surface area contributed by atoms with Crippen molar-refractivity contribution in [1.29, 1.82) is 0 Å². The molecule has 0 saturated carbocycles. The van der Waals surface area contributed by atoms with E-state index in [1.54, 1.807) is 13.8 Å². The van der Waals surface area contributed by atoms with E-state index < -0.39 is 15.6 Å². The molecule has 84 valence electrons. The molecule has 0 bridgehead atoms. The summed E-state index contributed by atoms with van der Waals surface area (Å²) in [7, 11) is -9.69. The van der Waals surface area contributed by atoms with Crippen LogP contribution < -0.4 is 0 Å². The molecule has 0 aromatic rings. The molecule has 0 heterocycles. The van der Waals surface area contributed by atoms with Crippen LogP contribution in [0.5, 0.6) is 0 Å². The maximum atomic E-state index is 10.8. The molecule has 0 radical (unpaired) electrons. The number of phosphoric ester groups is 1. The van der Waals surface area contributed by atoms with Gasteiger partial charge in [-0.25, -0.2) is 9.13 Å². The SMILES string of the molecule is C/C([13CH3])=C/[13CH2]OP(=O)(O)OP(=O)(O)O. The summed E-state index contributed by atoms with van der Waals surface area (Å²) in [5.41, 5.74) is 0.834. The molecule has 0 fully saturated rings. The highest BCUT2D eigenvalue weighted by Gasteiger charge is 2.31. The molecule has 0 aliphatic carbocycles. The van der Waals surface area contributed by atoms with Gasteiger partial charge < -0.3 is 14.7 Å². The largest absolute Gasteiger partial charge is 0.481 e. The van der Waals surface area contributed by atoms with Crippen LogP contribution in [0, 0.1) is 0 Å². The Kier molecular flexibility index (Phi) is 5.19. The molecular weight excluding hydrogens is 236 g/mol. The standard InChI is InChI=1S/C5H12O7P2/c1-5(2)3-4-11-14(9,10)12-13(6,7)8/h3H,4H2,1-2H3,(H,9,10)(H2,6,7,8)/i1+1,4+1/b5-3+. The third kappa shape index (κ3) is 8.59. The van der Waals surface area contributed by atoms with E-state index in [4.69, 9.17) is 14.7 Å². The quantitative estimate of drug-likeness (QED) is 0.380. The number of phosphoric acid groups is 2. The zero-order valence-corrected chi connectivity index (χ0v) is 9.44. The summed E-state index contributed by atoms with van der Waals surface area (Å²) in [4.78, 5) is 25.2. The second-order valence-corrected chi connectivity index (χ2v) is 5.45. The van der Waals surface area contributed by atoms with E-state index in [9.17, 15) is 9.13 Å². The third-order valence-corrected chi connectivity index (χ3v) is 3.09. The van der Waals surface area contributed by atoms with Crippen molar-refractivity contribution in [3.8, 4) is 0 Å². The van der Waals surface area contributed by atoms with Gasteiger partial charge in [0.15, 0.2) is 0 Å². The van der Waals surface area contributed by atoms with Crippen molar-refractivity contribution in [3.63, 3.8) is 0 Å². The third-order valence-electron chi connectivity index (χ3n) is 0.939. The lowest BCUT2D eigenvalue weighted by atomic mass is 10.5. The van der Waals surface area contributed by atoms with Crippen LogP contribution in [0.25, 0.3) is 0 Å². The fourth-order valence-electron chi connectivity index (χ4n) is 0.456. The van der Waals surface area contributed by atoms with Crippen molar-refractivity contribution in [1.82, 2.24) is 0 Å². The Balaban J connectivity index is 4.17. The zero-order valence-electron chi connectivity index (χ0n) is 7.65. The maximum absolute atomic E-state index is 10.8. The molecule has 9 heteroatoms. The lowest BCUT2D eigenvalue weighted by Gasteiger charge is -2.10. The lowest BCUT2D eigenvalue weighted by Crippen LogP contribution is -1.94. The van der Waals surface area contributed by atoms with Crippen LogP contribution in [0.4, 0.5) is 0 Å². The Labute approximate surface area is 81.2 Å². The van der Waals surface area contributed by atoms with Crippen molar-refractivity contribution in [2.75, 3.05) is 6.61 Å². The fourth-order valence-corrected chi connectivity index (χ4v) is 1.98. The molecule has 0 amide bonds. The van der Waals surface area contributed by atoms with Gasteiger partial charge in [0.2, 0.25) is 0 Å². The van der Waals surface area contributed by atoms with Crippen molar-refractivity contribution in [3.05, 3.63) is 11.6 Å². The summed E-state index contributed by atoms with van der Waals surface area (Å²) < 4.78 is 28.8. The maximum Gasteiger partial charge on any atom is 0.481 e. The van der Waals surface area contributed by atoms with Gasteiger partial charge in [0.25, 0.3) is 0 Å². The van der Waals surface area contributed by atoms with E-state index >= 15 is 0 Å². The lowest BCUT2D eigenvalue weighted by molar-refractivity contribution is 0.191. The molecule has 1 unspecified atom stereocenters. The summed E-state index contributed by atoms with van der Waals surface area (Å²) in [5, 5.41) is 0. The summed E-state index contributed by atoms with van der Waals surface area (Å²) in [6.07, 6.45) is 1.46. The molecule has 0 aliphatic heterocycles. The van der Waals surface area contributed by atoms with E-state index in [0.29, 0.717) is 0 Å². The molecule has 3 N–H and O–H groups in total. The normalized spacial score (nSPS) is 17.9. The van der Waals surface area contributed by atoms with Crippen molar-refractivity contribution >= 4 is 15.6 Å². The van der Waals surface area contributed by atoms with Crippen molar-refractivity contribution in [2.45, 2.75) is 13.8 Å². The van der Waals surface area contributed by atoms with E-state index in [2.05, 4.69) is 8.83 Å². The summed E-state index contributed by atoms with van der Waals surface area (Å²) in [6, 6.07) is 0. The van der Waals surface area contributed by atoms with Gasteiger partial charge in [-0.3, -0.25) is 4.52 Å². The minimum absolute atomic E-state index is 0.254. The van der Waals surface area contributed by atoms with Crippen LogP contribution in [0.2, 0.25) is 0 Å². The van der Waals surface area contributed by atoms with Gasteiger partial charge in [0.1, 0.15) is 0 Å². The van der Waals surface area contributed by atoms with E-state index in [1.165, 1.54) is 6.08 Å². The molecule has 0 aromatic heterocycles. The first kappa shape index (κ1) is 14.0. The number of hydrogen-bond donors (Lipinski definition) is 3. The number of rotatable bonds is 5. The Morgan fingerprint density at radius 2 is 1.79 bits per heavy atom. The second-order valence-electron chi connectivity index (χ2n) is 2.62. The monoisotopic (exact) mass is 248 g/mol. The van der Waals surface area contributed by atoms with Gasteiger partial charge in [-0.1, -0.05) is 11.6 Å². The topological polar surface area (TPSA) is 113 Å². The first-order valence-electron chi connectivity index (χ1n) is 3.50. The Morgan fingerprint density at radius 3 is 2.14 bits per heavy atom. The first-order chi connectivity index (χ1) is 6.12. The molecule has 0 saturated heterocycles. The first-order valence-corrected chi connectivity index (χ1v) is 6.52. The van der Waals surface area contributed by atoms with Gasteiger partial charge in [-0.15, -0.1) is 0 Å². The minimum atomic E-state index is -5.01. The van der Waals surface area contributed by atoms with Gasteiger partial charge in [0, 0.05) is 0 Å². The van der Waals surface area contributed by atoms with Gasteiger partial charge in [0.05, 0.1) is 6.61 Å². The average molecular weight is 248 g/mol. The van der Waals surface area contributed by atoms with Crippen LogP contribution in [-0.2, 0) is 18.0 Å². The highest BCUT2D eigenvalue weighted by atomic mass is 31.3. The van der Waals surface area contributed by atoms with E-state index in [-0.39, 0.29) is 6.61 Å². The molecule has 7 nitrogen and oxygen atoms in total. The Hall–Kier alpha value is -0.0000000000000000416. The van der Waals surface area contributed by atoms with Crippen LogP contribution in [0.15, 0.2) is 11.6 Å². The molecule has 14 heavy (non-hydrogen) atoms. The van der Waals surface area contributed by atoms with Crippen molar-refractivity contribution in [2.24, 2.45) is 0 Å². The Bertz CT molecular complexity index is 299. The summed E-state index contributed by atoms with van der Waals surface area (Å²) in [5.74, 6) is 0. The van der Waals surface area contributed by atoms with Gasteiger partial charge in [-0.2, -0.15) is 4.31 Å². The van der Waals surface area contributed by atoms with Crippen LogP contribution in [0.1, 0.15) is 13.8 Å². The van der Waals surface area contributed by atoms with E-state index in [1.807, 2.05) is 0 Å². The van der Waals surface area contributed by atoms with Gasteiger partial charge in [-0.05, 0) is 13.8 Å². The predicted molar refractivity (Wildman–Crippen MR) is 48.3 cm³/mol. The molecule has 0 spiro atoms. The highest BCUT2D eigenvalue weighted by molar-refractivity contribution is 7.60. The summed E-state index contributed by atoms with van der Waals surface area (Å²) >= 11 is 0. The van der Waals surface area contributed by atoms with Crippen LogP contribution in [0.3, 0.4) is 0 Å². The average Bonchev–Trinajstić information content (AvgIpc) is 1.78. The smallest absolute Gasteiger partial charge is 0.302 e. The number of hydrogen-bond acceptors (Lipinski definition) is 4. The van der Waals surface area contributed by atoms with E-state index in [0.717, 1.165) is 5.57 Å². The van der Waals surface area contributed by atoms with Gasteiger partial charge >= 0.3 is 15.6 Å². The zero-order chi connectivity index (χ0) is 11.4. The van der Waals surface area contributed by atoms with Crippen LogP contribution >= 0.6 is 15.6 Å².